The first-order valence-electron chi connectivity index (χ1n) is 11.4. The van der Waals surface area contributed by atoms with Crippen molar-refractivity contribution in [3.63, 3.8) is 0 Å². The van der Waals surface area contributed by atoms with Crippen LogP contribution in [0.5, 0.6) is 0 Å². The Labute approximate surface area is 203 Å². The van der Waals surface area contributed by atoms with Gasteiger partial charge in [0.2, 0.25) is 0 Å². The summed E-state index contributed by atoms with van der Waals surface area (Å²) in [6, 6.07) is 45.2. The van der Waals surface area contributed by atoms with E-state index < -0.39 is 0 Å². The molecule has 164 valence electrons. The van der Waals surface area contributed by atoms with Crippen LogP contribution in [-0.2, 0) is 0 Å². The van der Waals surface area contributed by atoms with Crippen LogP contribution in [0.3, 0.4) is 0 Å². The number of rotatable bonds is 5. The van der Waals surface area contributed by atoms with E-state index in [2.05, 4.69) is 144 Å². The van der Waals surface area contributed by atoms with Gasteiger partial charge in [-0.25, -0.2) is 0 Å². The summed E-state index contributed by atoms with van der Waals surface area (Å²) in [6.45, 7) is 0. The number of anilines is 5. The Kier molecular flexibility index (Phi) is 5.25. The molecule has 1 aromatic heterocycles. The number of para-hydroxylation sites is 3. The third-order valence-corrected chi connectivity index (χ3v) is 7.47. The van der Waals surface area contributed by atoms with E-state index in [0.29, 0.717) is 0 Å². The smallest absolute Gasteiger partial charge is 0.0640 e. The zero-order valence-electron chi connectivity index (χ0n) is 18.9. The minimum atomic E-state index is 1.16. The molecule has 3 heteroatoms. The van der Waals surface area contributed by atoms with Crippen LogP contribution in [0.25, 0.3) is 20.2 Å². The Morgan fingerprint density at radius 1 is 0.500 bits per heavy atom. The molecule has 0 saturated heterocycles. The highest BCUT2D eigenvalue weighted by Gasteiger charge is 2.18. The van der Waals surface area contributed by atoms with Crippen molar-refractivity contribution in [3.8, 4) is 0 Å². The highest BCUT2D eigenvalue weighted by Crippen LogP contribution is 2.45. The second-order valence-electron chi connectivity index (χ2n) is 8.34. The predicted molar refractivity (Wildman–Crippen MR) is 149 cm³/mol. The fraction of sp³-hybridized carbons (Fsp3) is 0.0323. The Morgan fingerprint density at radius 3 is 1.71 bits per heavy atom. The summed E-state index contributed by atoms with van der Waals surface area (Å²) in [5.74, 6) is 0. The fourth-order valence-corrected chi connectivity index (χ4v) is 5.73. The van der Waals surface area contributed by atoms with Crippen LogP contribution >= 0.6 is 11.3 Å². The number of fused-ring (bicyclic) bond motifs is 3. The van der Waals surface area contributed by atoms with Gasteiger partial charge in [-0.3, -0.25) is 0 Å². The highest BCUT2D eigenvalue weighted by molar-refractivity contribution is 7.26. The van der Waals surface area contributed by atoms with E-state index in [4.69, 9.17) is 0 Å². The number of hydrogen-bond acceptors (Lipinski definition) is 3. The molecule has 5 aromatic carbocycles. The first-order valence-corrected chi connectivity index (χ1v) is 12.3. The standard InChI is InChI=1S/C31H24N2S/c1-32(23-12-5-2-6-13-23)26-20-21-30-28(22-26)27-18-11-19-29(31(27)34-30)33(24-14-7-3-8-15-24)25-16-9-4-10-17-25/h2-22H,1H3. The van der Waals surface area contributed by atoms with Crippen LogP contribution in [-0.4, -0.2) is 7.05 Å². The maximum absolute atomic E-state index is 2.36. The zero-order chi connectivity index (χ0) is 22.9. The molecule has 0 atom stereocenters. The molecule has 0 spiro atoms. The van der Waals surface area contributed by atoms with Crippen molar-refractivity contribution in [2.75, 3.05) is 16.8 Å². The van der Waals surface area contributed by atoms with Crippen molar-refractivity contribution in [2.24, 2.45) is 0 Å². The van der Waals surface area contributed by atoms with Crippen LogP contribution in [0.2, 0.25) is 0 Å². The molecule has 0 aliphatic rings. The monoisotopic (exact) mass is 456 g/mol. The number of nitrogens with zero attached hydrogens (tertiary/aromatic N) is 2. The summed E-state index contributed by atoms with van der Waals surface area (Å²) in [4.78, 5) is 4.60. The SMILES string of the molecule is CN(c1ccccc1)c1ccc2sc3c(N(c4ccccc4)c4ccccc4)cccc3c2c1. The lowest BCUT2D eigenvalue weighted by molar-refractivity contribution is 1.21. The average molecular weight is 457 g/mol. The van der Waals surface area contributed by atoms with Crippen molar-refractivity contribution in [1.82, 2.24) is 0 Å². The quantitative estimate of drug-likeness (QED) is 0.255. The van der Waals surface area contributed by atoms with Crippen molar-refractivity contribution in [1.29, 1.82) is 0 Å². The topological polar surface area (TPSA) is 6.48 Å². The largest absolute Gasteiger partial charge is 0.345 e. The van der Waals surface area contributed by atoms with Gasteiger partial charge >= 0.3 is 0 Å². The molecule has 1 heterocycles. The van der Waals surface area contributed by atoms with E-state index in [1.54, 1.807) is 0 Å². The Balaban J connectivity index is 1.53. The van der Waals surface area contributed by atoms with Gasteiger partial charge in [-0.05, 0) is 60.7 Å². The second-order valence-corrected chi connectivity index (χ2v) is 9.39. The van der Waals surface area contributed by atoms with Crippen LogP contribution in [0.4, 0.5) is 28.4 Å². The molecular formula is C31H24N2S. The van der Waals surface area contributed by atoms with Gasteiger partial charge in [0.05, 0.1) is 10.4 Å². The van der Waals surface area contributed by atoms with E-state index in [9.17, 15) is 0 Å². The molecule has 0 aliphatic heterocycles. The first kappa shape index (κ1) is 20.5. The second kappa shape index (κ2) is 8.69. The van der Waals surface area contributed by atoms with Crippen LogP contribution in [0, 0.1) is 0 Å². The van der Waals surface area contributed by atoms with Gasteiger partial charge in [-0.15, -0.1) is 11.3 Å². The molecule has 0 amide bonds. The Hall–Kier alpha value is -4.08. The lowest BCUT2D eigenvalue weighted by Crippen LogP contribution is -2.09. The van der Waals surface area contributed by atoms with Gasteiger partial charge in [0.25, 0.3) is 0 Å². The molecule has 0 bridgehead atoms. The Morgan fingerprint density at radius 2 is 1.09 bits per heavy atom. The average Bonchev–Trinajstić information content (AvgIpc) is 3.29. The lowest BCUT2D eigenvalue weighted by Gasteiger charge is -2.25. The van der Waals surface area contributed by atoms with Crippen LogP contribution in [0.1, 0.15) is 0 Å². The van der Waals surface area contributed by atoms with Gasteiger partial charge in [-0.1, -0.05) is 66.7 Å². The van der Waals surface area contributed by atoms with Gasteiger partial charge in [-0.2, -0.15) is 0 Å². The molecule has 0 N–H and O–H groups in total. The minimum absolute atomic E-state index is 1.16. The zero-order valence-corrected chi connectivity index (χ0v) is 19.7. The fourth-order valence-electron chi connectivity index (χ4n) is 4.54. The molecule has 0 radical (unpaired) electrons. The Bertz CT molecular complexity index is 1520. The number of hydrogen-bond donors (Lipinski definition) is 0. The molecule has 0 fully saturated rings. The van der Waals surface area contributed by atoms with Crippen LogP contribution < -0.4 is 9.80 Å². The first-order chi connectivity index (χ1) is 16.8. The normalized spacial score (nSPS) is 11.1. The summed E-state index contributed by atoms with van der Waals surface area (Å²) in [5, 5.41) is 2.58. The highest BCUT2D eigenvalue weighted by atomic mass is 32.1. The number of thiophene rings is 1. The molecule has 6 aromatic rings. The lowest BCUT2D eigenvalue weighted by atomic mass is 10.1. The predicted octanol–water partition coefficient (Wildman–Crippen LogP) is 9.29. The van der Waals surface area contributed by atoms with Crippen molar-refractivity contribution < 1.29 is 0 Å². The van der Waals surface area contributed by atoms with Gasteiger partial charge in [0, 0.05) is 45.3 Å². The van der Waals surface area contributed by atoms with E-state index in [0.717, 1.165) is 11.4 Å². The van der Waals surface area contributed by atoms with E-state index >= 15 is 0 Å². The summed E-state index contributed by atoms with van der Waals surface area (Å²) in [5.41, 5.74) is 5.88. The maximum atomic E-state index is 2.36. The van der Waals surface area contributed by atoms with Crippen molar-refractivity contribution in [3.05, 3.63) is 127 Å². The summed E-state index contributed by atoms with van der Waals surface area (Å²) in [6.07, 6.45) is 0. The minimum Gasteiger partial charge on any atom is -0.345 e. The summed E-state index contributed by atoms with van der Waals surface area (Å²) < 4.78 is 2.60. The van der Waals surface area contributed by atoms with Gasteiger partial charge in [0.1, 0.15) is 0 Å². The molecule has 0 aliphatic carbocycles. The molecular weight excluding hydrogens is 432 g/mol. The molecule has 6 rings (SSSR count). The molecule has 0 saturated carbocycles. The van der Waals surface area contributed by atoms with E-state index in [1.165, 1.54) is 37.2 Å². The summed E-state index contributed by atoms with van der Waals surface area (Å²) in [7, 11) is 2.13. The van der Waals surface area contributed by atoms with E-state index in [1.807, 2.05) is 11.3 Å². The molecule has 2 nitrogen and oxygen atoms in total. The van der Waals surface area contributed by atoms with Crippen LogP contribution in [0.15, 0.2) is 127 Å². The van der Waals surface area contributed by atoms with Gasteiger partial charge in [0.15, 0.2) is 0 Å². The van der Waals surface area contributed by atoms with Crippen molar-refractivity contribution >= 4 is 59.9 Å². The number of benzene rings is 5. The molecule has 0 unspecified atom stereocenters. The third-order valence-electron chi connectivity index (χ3n) is 6.26. The maximum Gasteiger partial charge on any atom is 0.0640 e. The third kappa shape index (κ3) is 3.60. The van der Waals surface area contributed by atoms with E-state index in [-0.39, 0.29) is 0 Å². The van der Waals surface area contributed by atoms with Gasteiger partial charge < -0.3 is 9.80 Å². The van der Waals surface area contributed by atoms with Crippen molar-refractivity contribution in [2.45, 2.75) is 0 Å². The summed E-state index contributed by atoms with van der Waals surface area (Å²) >= 11 is 1.86. The molecule has 34 heavy (non-hydrogen) atoms.